The standard InChI is InChI=1S/C23H26N2O4S2/c1-16-5-10-22(30-16)31(27,28)25-11-3-4-20(15-25)23(26)24-14-17-6-7-19-13-21(29-2)9-8-18(19)12-17/h5-10,12-13,20H,3-4,11,14-15H2,1-2H3,(H,24,26). The molecule has 4 rings (SSSR count). The third-order valence-corrected chi connectivity index (χ3v) is 8.98. The number of nitrogens with zero attached hydrogens (tertiary/aromatic N) is 1. The summed E-state index contributed by atoms with van der Waals surface area (Å²) in [7, 11) is -1.90. The van der Waals surface area contributed by atoms with Crippen molar-refractivity contribution in [1.29, 1.82) is 0 Å². The lowest BCUT2D eigenvalue weighted by atomic mass is 9.98. The highest BCUT2D eigenvalue weighted by Crippen LogP contribution is 2.28. The minimum atomic E-state index is -3.54. The number of carbonyl (C=O) groups excluding carboxylic acids is 1. The van der Waals surface area contributed by atoms with E-state index in [2.05, 4.69) is 5.32 Å². The summed E-state index contributed by atoms with van der Waals surface area (Å²) in [5, 5.41) is 5.14. The van der Waals surface area contributed by atoms with E-state index in [4.69, 9.17) is 4.74 Å². The first kappa shape index (κ1) is 21.8. The molecule has 2 heterocycles. The molecule has 0 bridgehead atoms. The van der Waals surface area contributed by atoms with Gasteiger partial charge in [-0.1, -0.05) is 18.2 Å². The summed E-state index contributed by atoms with van der Waals surface area (Å²) in [6.45, 7) is 2.98. The predicted octanol–water partition coefficient (Wildman–Crippen LogP) is 3.94. The van der Waals surface area contributed by atoms with Gasteiger partial charge in [-0.2, -0.15) is 4.31 Å². The van der Waals surface area contributed by atoms with Crippen molar-refractivity contribution >= 4 is 38.0 Å². The quantitative estimate of drug-likeness (QED) is 0.607. The van der Waals surface area contributed by atoms with E-state index in [1.807, 2.05) is 49.4 Å². The molecule has 8 heteroatoms. The van der Waals surface area contributed by atoms with Gasteiger partial charge in [-0.15, -0.1) is 11.3 Å². The van der Waals surface area contributed by atoms with E-state index < -0.39 is 10.0 Å². The van der Waals surface area contributed by atoms with Crippen molar-refractivity contribution in [2.24, 2.45) is 5.92 Å². The van der Waals surface area contributed by atoms with Crippen molar-refractivity contribution in [1.82, 2.24) is 9.62 Å². The number of aryl methyl sites for hydroxylation is 1. The van der Waals surface area contributed by atoms with Gasteiger partial charge in [0.1, 0.15) is 9.96 Å². The molecular weight excluding hydrogens is 432 g/mol. The number of amides is 1. The maximum absolute atomic E-state index is 12.9. The number of carbonyl (C=O) groups is 1. The van der Waals surface area contributed by atoms with Gasteiger partial charge < -0.3 is 10.1 Å². The molecule has 0 spiro atoms. The summed E-state index contributed by atoms with van der Waals surface area (Å²) < 4.78 is 32.9. The molecular formula is C23H26N2O4S2. The number of piperidine rings is 1. The van der Waals surface area contributed by atoms with E-state index in [1.165, 1.54) is 15.6 Å². The van der Waals surface area contributed by atoms with Crippen LogP contribution in [0.15, 0.2) is 52.7 Å². The second-order valence-electron chi connectivity index (χ2n) is 7.83. The lowest BCUT2D eigenvalue weighted by molar-refractivity contribution is -0.126. The molecule has 164 valence electrons. The number of sulfonamides is 1. The van der Waals surface area contributed by atoms with Gasteiger partial charge in [0.15, 0.2) is 0 Å². The molecule has 1 N–H and O–H groups in total. The van der Waals surface area contributed by atoms with E-state index in [-0.39, 0.29) is 18.4 Å². The lowest BCUT2D eigenvalue weighted by Gasteiger charge is -2.30. The molecule has 2 aromatic carbocycles. The first-order chi connectivity index (χ1) is 14.9. The maximum Gasteiger partial charge on any atom is 0.252 e. The summed E-state index contributed by atoms with van der Waals surface area (Å²) in [4.78, 5) is 13.7. The van der Waals surface area contributed by atoms with Crippen LogP contribution in [0.25, 0.3) is 10.8 Å². The molecule has 1 fully saturated rings. The van der Waals surface area contributed by atoms with E-state index >= 15 is 0 Å². The zero-order valence-corrected chi connectivity index (χ0v) is 19.3. The van der Waals surface area contributed by atoms with Gasteiger partial charge >= 0.3 is 0 Å². The fourth-order valence-electron chi connectivity index (χ4n) is 3.90. The van der Waals surface area contributed by atoms with Gasteiger partial charge in [-0.05, 0) is 66.4 Å². The third-order valence-electron chi connectivity index (χ3n) is 5.64. The Balaban J connectivity index is 1.40. The molecule has 1 aliphatic heterocycles. The van der Waals surface area contributed by atoms with Crippen LogP contribution in [-0.4, -0.2) is 38.8 Å². The molecule has 6 nitrogen and oxygen atoms in total. The summed E-state index contributed by atoms with van der Waals surface area (Å²) in [6, 6.07) is 15.4. The van der Waals surface area contributed by atoms with Crippen LogP contribution in [0.4, 0.5) is 0 Å². The largest absolute Gasteiger partial charge is 0.497 e. The molecule has 31 heavy (non-hydrogen) atoms. The summed E-state index contributed by atoms with van der Waals surface area (Å²) >= 11 is 1.27. The van der Waals surface area contributed by atoms with E-state index in [1.54, 1.807) is 13.2 Å². The Kier molecular flexibility index (Phi) is 6.31. The normalized spacial score (nSPS) is 17.5. The van der Waals surface area contributed by atoms with Crippen LogP contribution in [0.5, 0.6) is 5.75 Å². The Bertz CT molecular complexity index is 1200. The Hall–Kier alpha value is -2.42. The van der Waals surface area contributed by atoms with Crippen molar-refractivity contribution in [2.45, 2.75) is 30.5 Å². The number of nitrogens with one attached hydrogen (secondary N) is 1. The number of ether oxygens (including phenoxy) is 1. The smallest absolute Gasteiger partial charge is 0.252 e. The topological polar surface area (TPSA) is 75.7 Å². The Morgan fingerprint density at radius 1 is 1.16 bits per heavy atom. The molecule has 1 unspecified atom stereocenters. The predicted molar refractivity (Wildman–Crippen MR) is 123 cm³/mol. The van der Waals surface area contributed by atoms with Gasteiger partial charge in [-0.25, -0.2) is 8.42 Å². The van der Waals surface area contributed by atoms with Crippen LogP contribution in [0.2, 0.25) is 0 Å². The van der Waals surface area contributed by atoms with Crippen molar-refractivity contribution in [2.75, 3.05) is 20.2 Å². The van der Waals surface area contributed by atoms with Crippen molar-refractivity contribution in [3.8, 4) is 5.75 Å². The second-order valence-corrected chi connectivity index (χ2v) is 11.3. The van der Waals surface area contributed by atoms with E-state index in [0.717, 1.165) is 27.0 Å². The number of fused-ring (bicyclic) bond motifs is 1. The fraction of sp³-hybridized carbons (Fsp3) is 0.348. The first-order valence-electron chi connectivity index (χ1n) is 10.3. The minimum absolute atomic E-state index is 0.0999. The van der Waals surface area contributed by atoms with E-state index in [0.29, 0.717) is 30.1 Å². The van der Waals surface area contributed by atoms with Crippen molar-refractivity contribution < 1.29 is 17.9 Å². The highest BCUT2D eigenvalue weighted by Gasteiger charge is 2.33. The molecule has 3 aromatic rings. The zero-order chi connectivity index (χ0) is 22.0. The van der Waals surface area contributed by atoms with Crippen LogP contribution >= 0.6 is 11.3 Å². The van der Waals surface area contributed by atoms with Crippen molar-refractivity contribution in [3.63, 3.8) is 0 Å². The van der Waals surface area contributed by atoms with Gasteiger partial charge in [0.25, 0.3) is 10.0 Å². The molecule has 1 amide bonds. The van der Waals surface area contributed by atoms with Crippen LogP contribution < -0.4 is 10.1 Å². The van der Waals surface area contributed by atoms with Gasteiger partial charge in [-0.3, -0.25) is 4.79 Å². The van der Waals surface area contributed by atoms with Crippen LogP contribution in [0, 0.1) is 12.8 Å². The number of benzene rings is 2. The first-order valence-corrected chi connectivity index (χ1v) is 12.5. The molecule has 1 saturated heterocycles. The minimum Gasteiger partial charge on any atom is -0.497 e. The van der Waals surface area contributed by atoms with Gasteiger partial charge in [0.2, 0.25) is 5.91 Å². The fourth-order valence-corrected chi connectivity index (χ4v) is 6.86. The van der Waals surface area contributed by atoms with Crippen LogP contribution in [-0.2, 0) is 21.4 Å². The Morgan fingerprint density at radius 2 is 1.94 bits per heavy atom. The summed E-state index contributed by atoms with van der Waals surface area (Å²) in [5.41, 5.74) is 1.00. The van der Waals surface area contributed by atoms with Gasteiger partial charge in [0, 0.05) is 24.5 Å². The number of hydrogen-bond acceptors (Lipinski definition) is 5. The number of hydrogen-bond donors (Lipinski definition) is 1. The number of methoxy groups -OCH3 is 1. The third kappa shape index (κ3) is 4.76. The molecule has 1 aliphatic rings. The highest BCUT2D eigenvalue weighted by atomic mass is 32.2. The SMILES string of the molecule is COc1ccc2cc(CNC(=O)C3CCCN(S(=O)(=O)c4ccc(C)s4)C3)ccc2c1. The second kappa shape index (κ2) is 8.98. The van der Waals surface area contributed by atoms with Gasteiger partial charge in [0.05, 0.1) is 13.0 Å². The summed E-state index contributed by atoms with van der Waals surface area (Å²) in [6.07, 6.45) is 1.37. The van der Waals surface area contributed by atoms with Crippen LogP contribution in [0.1, 0.15) is 23.3 Å². The molecule has 1 atom stereocenters. The molecule has 1 aromatic heterocycles. The average Bonchev–Trinajstić information content (AvgIpc) is 3.24. The highest BCUT2D eigenvalue weighted by molar-refractivity contribution is 7.91. The molecule has 0 radical (unpaired) electrons. The average molecular weight is 459 g/mol. The number of thiophene rings is 1. The maximum atomic E-state index is 12.9. The molecule has 0 saturated carbocycles. The van der Waals surface area contributed by atoms with Crippen LogP contribution in [0.3, 0.4) is 0 Å². The summed E-state index contributed by atoms with van der Waals surface area (Å²) in [5.74, 6) is 0.370. The zero-order valence-electron chi connectivity index (χ0n) is 17.6. The monoisotopic (exact) mass is 458 g/mol. The molecule has 0 aliphatic carbocycles. The van der Waals surface area contributed by atoms with Crippen molar-refractivity contribution in [3.05, 3.63) is 59.0 Å². The lowest BCUT2D eigenvalue weighted by Crippen LogP contribution is -2.45. The van der Waals surface area contributed by atoms with E-state index in [9.17, 15) is 13.2 Å². The Labute approximate surface area is 186 Å². The number of rotatable bonds is 6. The Morgan fingerprint density at radius 3 is 2.68 bits per heavy atom.